The highest BCUT2D eigenvalue weighted by molar-refractivity contribution is 7.89. The van der Waals surface area contributed by atoms with Gasteiger partial charge in [-0.3, -0.25) is 0 Å². The van der Waals surface area contributed by atoms with Crippen LogP contribution in [-0.4, -0.2) is 15.0 Å². The molecule has 0 radical (unpaired) electrons. The average molecular weight is 238 g/mol. The third-order valence-electron chi connectivity index (χ3n) is 2.36. The monoisotopic (exact) mass is 238 g/mol. The first kappa shape index (κ1) is 12.6. The normalized spacial score (nSPS) is 11.1. The van der Waals surface area contributed by atoms with Gasteiger partial charge >= 0.3 is 0 Å². The maximum atomic E-state index is 11.7. The summed E-state index contributed by atoms with van der Waals surface area (Å²) in [6.45, 7) is 3.62. The van der Waals surface area contributed by atoms with Crippen molar-refractivity contribution < 1.29 is 8.42 Å². The van der Waals surface area contributed by atoms with Crippen LogP contribution in [0.4, 0.5) is 5.69 Å². The summed E-state index contributed by atoms with van der Waals surface area (Å²) < 4.78 is 25.8. The van der Waals surface area contributed by atoms with Crippen LogP contribution in [-0.2, 0) is 10.0 Å². The van der Waals surface area contributed by atoms with Crippen LogP contribution in [0.2, 0.25) is 0 Å². The fourth-order valence-corrected chi connectivity index (χ4v) is 2.28. The second-order valence-corrected chi connectivity index (χ2v) is 5.25. The van der Waals surface area contributed by atoms with Gasteiger partial charge in [-0.15, -0.1) is 6.42 Å². The molecular formula is C11H14N2O2S. The summed E-state index contributed by atoms with van der Waals surface area (Å²) >= 11 is 0. The zero-order chi connectivity index (χ0) is 12.3. The molecule has 0 heterocycles. The summed E-state index contributed by atoms with van der Waals surface area (Å²) in [6.07, 6.45) is 5.00. The predicted octanol–water partition coefficient (Wildman–Crippen LogP) is 0.797. The van der Waals surface area contributed by atoms with Gasteiger partial charge in [0.2, 0.25) is 10.0 Å². The average Bonchev–Trinajstić information content (AvgIpc) is 2.22. The van der Waals surface area contributed by atoms with E-state index in [0.29, 0.717) is 5.69 Å². The molecule has 0 aliphatic heterocycles. The van der Waals surface area contributed by atoms with Crippen molar-refractivity contribution in [3.8, 4) is 12.3 Å². The Hall–Kier alpha value is -1.51. The van der Waals surface area contributed by atoms with Crippen molar-refractivity contribution in [3.05, 3.63) is 23.3 Å². The van der Waals surface area contributed by atoms with E-state index in [0.717, 1.165) is 11.1 Å². The number of terminal acetylenes is 1. The minimum absolute atomic E-state index is 0.0326. The lowest BCUT2D eigenvalue weighted by Gasteiger charge is -2.09. The largest absolute Gasteiger partial charge is 0.398 e. The van der Waals surface area contributed by atoms with Crippen LogP contribution in [0.25, 0.3) is 0 Å². The molecule has 0 amide bonds. The van der Waals surface area contributed by atoms with E-state index in [4.69, 9.17) is 12.2 Å². The maximum absolute atomic E-state index is 11.7. The third-order valence-corrected chi connectivity index (χ3v) is 3.74. The van der Waals surface area contributed by atoms with Crippen LogP contribution < -0.4 is 10.5 Å². The summed E-state index contributed by atoms with van der Waals surface area (Å²) in [6, 6.07) is 3.01. The number of hydrogen-bond acceptors (Lipinski definition) is 3. The lowest BCUT2D eigenvalue weighted by Crippen LogP contribution is -2.24. The molecule has 0 spiro atoms. The van der Waals surface area contributed by atoms with Crippen molar-refractivity contribution in [3.63, 3.8) is 0 Å². The van der Waals surface area contributed by atoms with Crippen molar-refractivity contribution in [1.29, 1.82) is 0 Å². The van der Waals surface area contributed by atoms with E-state index in [1.807, 2.05) is 13.8 Å². The maximum Gasteiger partial charge on any atom is 0.241 e. The van der Waals surface area contributed by atoms with Gasteiger partial charge in [0.25, 0.3) is 0 Å². The highest BCUT2D eigenvalue weighted by Gasteiger charge is 2.15. The van der Waals surface area contributed by atoms with Gasteiger partial charge in [-0.2, -0.15) is 4.72 Å². The standard InChI is InChI=1S/C11H14N2O2S/c1-4-5-13-16(14,15)10-6-8(2)9(3)11(12)7-10/h1,6-7,13H,5,12H2,2-3H3. The Morgan fingerprint density at radius 2 is 2.06 bits per heavy atom. The molecule has 0 bridgehead atoms. The number of anilines is 1. The van der Waals surface area contributed by atoms with Crippen LogP contribution in [0.15, 0.2) is 17.0 Å². The molecule has 16 heavy (non-hydrogen) atoms. The lowest BCUT2D eigenvalue weighted by atomic mass is 10.1. The van der Waals surface area contributed by atoms with Crippen molar-refractivity contribution in [2.45, 2.75) is 18.7 Å². The van der Waals surface area contributed by atoms with Gasteiger partial charge in [0.15, 0.2) is 0 Å². The van der Waals surface area contributed by atoms with E-state index in [1.54, 1.807) is 6.07 Å². The molecule has 0 saturated carbocycles. The molecule has 5 heteroatoms. The van der Waals surface area contributed by atoms with E-state index in [2.05, 4.69) is 10.6 Å². The molecule has 1 aromatic rings. The highest BCUT2D eigenvalue weighted by atomic mass is 32.2. The van der Waals surface area contributed by atoms with Crippen LogP contribution in [0, 0.1) is 26.2 Å². The van der Waals surface area contributed by atoms with Gasteiger partial charge in [0, 0.05) is 5.69 Å². The number of hydrogen-bond donors (Lipinski definition) is 2. The summed E-state index contributed by atoms with van der Waals surface area (Å²) in [5, 5.41) is 0. The minimum atomic E-state index is -3.56. The number of aryl methyl sites for hydroxylation is 1. The number of nitrogens with one attached hydrogen (secondary N) is 1. The summed E-state index contributed by atoms with van der Waals surface area (Å²) in [5.74, 6) is 2.21. The molecule has 1 rings (SSSR count). The van der Waals surface area contributed by atoms with E-state index in [9.17, 15) is 8.42 Å². The van der Waals surface area contributed by atoms with Crippen LogP contribution >= 0.6 is 0 Å². The Bertz CT molecular complexity index is 519. The predicted molar refractivity (Wildman–Crippen MR) is 64.3 cm³/mol. The van der Waals surface area contributed by atoms with Crippen LogP contribution in [0.3, 0.4) is 0 Å². The summed E-state index contributed by atoms with van der Waals surface area (Å²) in [7, 11) is -3.56. The Morgan fingerprint density at radius 3 is 2.56 bits per heavy atom. The van der Waals surface area contributed by atoms with Crippen molar-refractivity contribution in [2.75, 3.05) is 12.3 Å². The van der Waals surface area contributed by atoms with Gasteiger partial charge in [0.05, 0.1) is 11.4 Å². The Morgan fingerprint density at radius 1 is 1.44 bits per heavy atom. The fraction of sp³-hybridized carbons (Fsp3) is 0.273. The SMILES string of the molecule is C#CCNS(=O)(=O)c1cc(C)c(C)c(N)c1. The molecule has 3 N–H and O–H groups in total. The third kappa shape index (κ3) is 2.54. The van der Waals surface area contributed by atoms with Gasteiger partial charge < -0.3 is 5.73 Å². The zero-order valence-electron chi connectivity index (χ0n) is 9.24. The first-order valence-electron chi connectivity index (χ1n) is 4.68. The fourth-order valence-electron chi connectivity index (χ4n) is 1.23. The van der Waals surface area contributed by atoms with Gasteiger partial charge in [-0.25, -0.2) is 8.42 Å². The second kappa shape index (κ2) is 4.56. The smallest absolute Gasteiger partial charge is 0.241 e. The quantitative estimate of drug-likeness (QED) is 0.604. The number of benzene rings is 1. The first-order chi connectivity index (χ1) is 7.38. The molecule has 4 nitrogen and oxygen atoms in total. The first-order valence-corrected chi connectivity index (χ1v) is 6.16. The van der Waals surface area contributed by atoms with E-state index >= 15 is 0 Å². The summed E-state index contributed by atoms with van der Waals surface area (Å²) in [4.78, 5) is 0.142. The number of sulfonamides is 1. The molecular weight excluding hydrogens is 224 g/mol. The Balaban J connectivity index is 3.21. The number of rotatable bonds is 3. The molecule has 0 atom stereocenters. The second-order valence-electron chi connectivity index (χ2n) is 3.48. The van der Waals surface area contributed by atoms with Crippen LogP contribution in [0.1, 0.15) is 11.1 Å². The molecule has 1 aromatic carbocycles. The van der Waals surface area contributed by atoms with Crippen molar-refractivity contribution in [1.82, 2.24) is 4.72 Å². The number of nitrogen functional groups attached to an aromatic ring is 1. The van der Waals surface area contributed by atoms with Gasteiger partial charge in [0.1, 0.15) is 0 Å². The van der Waals surface area contributed by atoms with Gasteiger partial charge in [-0.05, 0) is 37.1 Å². The topological polar surface area (TPSA) is 72.2 Å². The Labute approximate surface area is 95.9 Å². The molecule has 0 aromatic heterocycles. The molecule has 0 aliphatic rings. The van der Waals surface area contributed by atoms with E-state index < -0.39 is 10.0 Å². The molecule has 0 unspecified atom stereocenters. The Kier molecular flexibility index (Phi) is 3.58. The summed E-state index contributed by atoms with van der Waals surface area (Å²) in [5.41, 5.74) is 7.89. The molecule has 0 fully saturated rings. The van der Waals surface area contributed by atoms with Gasteiger partial charge in [-0.1, -0.05) is 5.92 Å². The van der Waals surface area contributed by atoms with E-state index in [-0.39, 0.29) is 11.4 Å². The zero-order valence-corrected chi connectivity index (χ0v) is 10.1. The molecule has 0 saturated heterocycles. The molecule has 86 valence electrons. The minimum Gasteiger partial charge on any atom is -0.398 e. The van der Waals surface area contributed by atoms with Crippen molar-refractivity contribution in [2.24, 2.45) is 0 Å². The number of nitrogens with two attached hydrogens (primary N) is 1. The lowest BCUT2D eigenvalue weighted by molar-refractivity contribution is 0.586. The van der Waals surface area contributed by atoms with E-state index in [1.165, 1.54) is 6.07 Å². The highest BCUT2D eigenvalue weighted by Crippen LogP contribution is 2.21. The van der Waals surface area contributed by atoms with Crippen molar-refractivity contribution >= 4 is 15.7 Å². The van der Waals surface area contributed by atoms with Crippen LogP contribution in [0.5, 0.6) is 0 Å². The molecule has 0 aliphatic carbocycles.